The number of hydrogen-bond acceptors (Lipinski definition) is 2. The van der Waals surface area contributed by atoms with Gasteiger partial charge in [-0.25, -0.2) is 0 Å². The summed E-state index contributed by atoms with van der Waals surface area (Å²) >= 11 is 3.34. The lowest BCUT2D eigenvalue weighted by molar-refractivity contribution is 0.0971. The zero-order valence-corrected chi connectivity index (χ0v) is 10.6. The van der Waals surface area contributed by atoms with Gasteiger partial charge < -0.3 is 4.57 Å². The number of rotatable bonds is 3. The molecule has 0 fully saturated rings. The molecular formula is C13H10BrNO2. The van der Waals surface area contributed by atoms with Gasteiger partial charge in [-0.1, -0.05) is 34.1 Å². The molecule has 0 atom stereocenters. The molecular weight excluding hydrogens is 282 g/mol. The van der Waals surface area contributed by atoms with Crippen molar-refractivity contribution in [2.45, 2.75) is 6.54 Å². The van der Waals surface area contributed by atoms with E-state index in [0.29, 0.717) is 5.56 Å². The molecule has 0 unspecified atom stereocenters. The summed E-state index contributed by atoms with van der Waals surface area (Å²) in [5.74, 6) is 0.00104. The summed E-state index contributed by atoms with van der Waals surface area (Å²) in [5, 5.41) is 0. The van der Waals surface area contributed by atoms with Crippen molar-refractivity contribution >= 4 is 21.7 Å². The lowest BCUT2D eigenvalue weighted by Crippen LogP contribution is -2.12. The molecule has 2 aromatic rings. The van der Waals surface area contributed by atoms with Crippen molar-refractivity contribution in [3.05, 3.63) is 69.1 Å². The highest BCUT2D eigenvalue weighted by Gasteiger charge is 2.08. The Labute approximate surface area is 107 Å². The summed E-state index contributed by atoms with van der Waals surface area (Å²) in [5.41, 5.74) is 0.584. The summed E-state index contributed by atoms with van der Waals surface area (Å²) in [7, 11) is 0. The minimum absolute atomic E-state index is 0.00104. The lowest BCUT2D eigenvalue weighted by atomic mass is 10.1. The van der Waals surface area contributed by atoms with Gasteiger partial charge in [-0.2, -0.15) is 0 Å². The average Bonchev–Trinajstić information content (AvgIpc) is 2.32. The number of pyridine rings is 1. The van der Waals surface area contributed by atoms with Crippen molar-refractivity contribution in [3.63, 3.8) is 0 Å². The second-order valence-electron chi connectivity index (χ2n) is 3.61. The second-order valence-corrected chi connectivity index (χ2v) is 4.46. The van der Waals surface area contributed by atoms with Gasteiger partial charge in [0.1, 0.15) is 0 Å². The van der Waals surface area contributed by atoms with E-state index in [9.17, 15) is 9.59 Å². The third kappa shape index (κ3) is 2.91. The quantitative estimate of drug-likeness (QED) is 0.815. The first kappa shape index (κ1) is 11.8. The molecule has 0 aliphatic heterocycles. The van der Waals surface area contributed by atoms with Gasteiger partial charge in [-0.3, -0.25) is 9.59 Å². The molecule has 0 aliphatic rings. The van der Waals surface area contributed by atoms with E-state index in [1.807, 2.05) is 18.2 Å². The van der Waals surface area contributed by atoms with Crippen molar-refractivity contribution < 1.29 is 4.79 Å². The van der Waals surface area contributed by atoms with Gasteiger partial charge in [0.05, 0.1) is 6.54 Å². The van der Waals surface area contributed by atoms with Crippen molar-refractivity contribution in [2.24, 2.45) is 0 Å². The van der Waals surface area contributed by atoms with Gasteiger partial charge in [-0.15, -0.1) is 0 Å². The molecule has 0 bridgehead atoms. The van der Waals surface area contributed by atoms with Crippen molar-refractivity contribution in [1.29, 1.82) is 0 Å². The minimum atomic E-state index is -0.0606. The summed E-state index contributed by atoms with van der Waals surface area (Å²) < 4.78 is 2.47. The number of benzene rings is 1. The van der Waals surface area contributed by atoms with Crippen molar-refractivity contribution in [2.75, 3.05) is 0 Å². The maximum atomic E-state index is 12.0. The molecule has 3 nitrogen and oxygen atoms in total. The van der Waals surface area contributed by atoms with Crippen LogP contribution in [0.4, 0.5) is 0 Å². The molecule has 0 saturated carbocycles. The van der Waals surface area contributed by atoms with E-state index in [1.165, 1.54) is 12.1 Å². The Morgan fingerprint density at radius 2 is 1.76 bits per heavy atom. The first-order valence-electron chi connectivity index (χ1n) is 5.10. The van der Waals surface area contributed by atoms with Crippen LogP contribution in [-0.2, 0) is 6.54 Å². The highest BCUT2D eigenvalue weighted by Crippen LogP contribution is 2.16. The van der Waals surface area contributed by atoms with Crippen LogP contribution in [-0.4, -0.2) is 10.4 Å². The van der Waals surface area contributed by atoms with Gasteiger partial charge in [0.2, 0.25) is 0 Å². The number of ketones is 1. The standard InChI is InChI=1S/C13H10BrNO2/c14-12-4-2-1-3-11(12)13(17)9-15-7-5-10(16)6-8-15/h1-8H,9H2. The highest BCUT2D eigenvalue weighted by atomic mass is 79.9. The predicted octanol–water partition coefficient (Wildman–Crippen LogP) is 2.49. The Morgan fingerprint density at radius 3 is 2.41 bits per heavy atom. The van der Waals surface area contributed by atoms with Crippen LogP contribution in [0.2, 0.25) is 0 Å². The fraction of sp³-hybridized carbons (Fsp3) is 0.0769. The van der Waals surface area contributed by atoms with E-state index in [-0.39, 0.29) is 17.8 Å². The summed E-state index contributed by atoms with van der Waals surface area (Å²) in [6, 6.07) is 10.2. The SMILES string of the molecule is O=C(Cn1ccc(=O)cc1)c1ccccc1Br. The maximum Gasteiger partial charge on any atom is 0.183 e. The predicted molar refractivity (Wildman–Crippen MR) is 69.2 cm³/mol. The smallest absolute Gasteiger partial charge is 0.183 e. The van der Waals surface area contributed by atoms with E-state index in [4.69, 9.17) is 0 Å². The van der Waals surface area contributed by atoms with Crippen molar-refractivity contribution in [1.82, 2.24) is 4.57 Å². The molecule has 17 heavy (non-hydrogen) atoms. The summed E-state index contributed by atoms with van der Waals surface area (Å²) in [4.78, 5) is 22.9. The first-order valence-corrected chi connectivity index (χ1v) is 5.90. The van der Waals surface area contributed by atoms with Crippen LogP contribution in [0.3, 0.4) is 0 Å². The molecule has 0 N–H and O–H groups in total. The van der Waals surface area contributed by atoms with Crippen LogP contribution in [0.25, 0.3) is 0 Å². The first-order chi connectivity index (χ1) is 8.16. The average molecular weight is 292 g/mol. The van der Waals surface area contributed by atoms with Gasteiger partial charge >= 0.3 is 0 Å². The Bertz CT molecular complexity index is 584. The number of hydrogen-bond donors (Lipinski definition) is 0. The fourth-order valence-corrected chi connectivity index (χ4v) is 1.99. The summed E-state index contributed by atoms with van der Waals surface area (Å²) in [6.45, 7) is 0.225. The molecule has 1 aromatic carbocycles. The Balaban J connectivity index is 2.20. The number of carbonyl (C=O) groups excluding carboxylic acids is 1. The Kier molecular flexibility index (Phi) is 3.54. The van der Waals surface area contributed by atoms with Crippen LogP contribution >= 0.6 is 15.9 Å². The van der Waals surface area contributed by atoms with Crippen LogP contribution < -0.4 is 5.43 Å². The molecule has 0 amide bonds. The van der Waals surface area contributed by atoms with Crippen LogP contribution in [0.1, 0.15) is 10.4 Å². The van der Waals surface area contributed by atoms with E-state index >= 15 is 0 Å². The Morgan fingerprint density at radius 1 is 1.12 bits per heavy atom. The molecule has 0 radical (unpaired) electrons. The van der Waals surface area contributed by atoms with Gasteiger partial charge in [0.15, 0.2) is 11.2 Å². The topological polar surface area (TPSA) is 39.1 Å². The Hall–Kier alpha value is -1.68. The minimum Gasteiger partial charge on any atom is -0.346 e. The normalized spacial score (nSPS) is 10.2. The number of aromatic nitrogens is 1. The molecule has 86 valence electrons. The lowest BCUT2D eigenvalue weighted by Gasteiger charge is -2.06. The molecule has 4 heteroatoms. The molecule has 0 spiro atoms. The fourth-order valence-electron chi connectivity index (χ4n) is 1.49. The van der Waals surface area contributed by atoms with Crippen LogP contribution in [0.5, 0.6) is 0 Å². The summed E-state index contributed by atoms with van der Waals surface area (Å²) in [6.07, 6.45) is 3.22. The largest absolute Gasteiger partial charge is 0.346 e. The van der Waals surface area contributed by atoms with Crippen LogP contribution in [0.15, 0.2) is 58.1 Å². The van der Waals surface area contributed by atoms with Gasteiger partial charge in [-0.05, 0) is 6.07 Å². The van der Waals surface area contributed by atoms with E-state index < -0.39 is 0 Å². The maximum absolute atomic E-state index is 12.0. The van der Waals surface area contributed by atoms with E-state index in [0.717, 1.165) is 4.47 Å². The molecule has 2 rings (SSSR count). The van der Waals surface area contributed by atoms with E-state index in [2.05, 4.69) is 15.9 Å². The van der Waals surface area contributed by atoms with Gasteiger partial charge in [0.25, 0.3) is 0 Å². The third-order valence-electron chi connectivity index (χ3n) is 2.36. The number of nitrogens with zero attached hydrogens (tertiary/aromatic N) is 1. The number of halogens is 1. The van der Waals surface area contributed by atoms with Gasteiger partial charge in [0, 0.05) is 34.6 Å². The second kappa shape index (κ2) is 5.10. The van der Waals surface area contributed by atoms with Crippen molar-refractivity contribution in [3.8, 4) is 0 Å². The molecule has 1 heterocycles. The molecule has 1 aromatic heterocycles. The molecule has 0 saturated heterocycles. The van der Waals surface area contributed by atoms with E-state index in [1.54, 1.807) is 23.0 Å². The molecule has 0 aliphatic carbocycles. The highest BCUT2D eigenvalue weighted by molar-refractivity contribution is 9.10. The zero-order valence-electron chi connectivity index (χ0n) is 8.97. The third-order valence-corrected chi connectivity index (χ3v) is 3.05. The monoisotopic (exact) mass is 291 g/mol. The zero-order chi connectivity index (χ0) is 12.3. The number of Topliss-reactive ketones (excluding diaryl/α,β-unsaturated/α-hetero) is 1. The van der Waals surface area contributed by atoms with Crippen LogP contribution in [0, 0.1) is 0 Å². The number of carbonyl (C=O) groups is 1.